The molecule has 0 aliphatic carbocycles. The predicted molar refractivity (Wildman–Crippen MR) is 70.6 cm³/mol. The van der Waals surface area contributed by atoms with E-state index in [0.29, 0.717) is 18.7 Å². The number of benzene rings is 1. The van der Waals surface area contributed by atoms with Gasteiger partial charge in [-0.05, 0) is 25.5 Å². The summed E-state index contributed by atoms with van der Waals surface area (Å²) in [5.74, 6) is -1.28. The van der Waals surface area contributed by atoms with Crippen molar-refractivity contribution in [1.29, 1.82) is 5.26 Å². The van der Waals surface area contributed by atoms with Crippen molar-refractivity contribution in [2.24, 2.45) is 5.92 Å². The van der Waals surface area contributed by atoms with Crippen molar-refractivity contribution in [3.05, 3.63) is 29.3 Å². The molecule has 1 aromatic carbocycles. The molecule has 1 aromatic rings. The number of aliphatic carboxylic acids is 1. The lowest BCUT2D eigenvalue weighted by Crippen LogP contribution is -2.32. The minimum Gasteiger partial charge on any atom is -0.481 e. The van der Waals surface area contributed by atoms with Gasteiger partial charge in [0.1, 0.15) is 6.07 Å². The molecule has 0 radical (unpaired) electrons. The Hall–Kier alpha value is -2.02. The summed E-state index contributed by atoms with van der Waals surface area (Å²) in [5.41, 5.74) is 2.43. The molecule has 0 heterocycles. The van der Waals surface area contributed by atoms with Crippen molar-refractivity contribution >= 4 is 11.7 Å². The first-order valence-electron chi connectivity index (χ1n) is 5.98. The summed E-state index contributed by atoms with van der Waals surface area (Å²) in [4.78, 5) is 12.9. The van der Waals surface area contributed by atoms with Crippen LogP contribution in [0.5, 0.6) is 0 Å². The summed E-state index contributed by atoms with van der Waals surface area (Å²) in [6.45, 7) is 6.66. The van der Waals surface area contributed by atoms with Crippen LogP contribution in [0, 0.1) is 24.2 Å². The zero-order valence-corrected chi connectivity index (χ0v) is 11.0. The van der Waals surface area contributed by atoms with E-state index in [1.165, 1.54) is 0 Å². The molecule has 0 saturated heterocycles. The molecule has 0 spiro atoms. The van der Waals surface area contributed by atoms with E-state index >= 15 is 0 Å². The van der Waals surface area contributed by atoms with Gasteiger partial charge in [0.15, 0.2) is 0 Å². The molecule has 0 aromatic heterocycles. The first kappa shape index (κ1) is 14.0. The van der Waals surface area contributed by atoms with Crippen LogP contribution in [0.25, 0.3) is 0 Å². The number of para-hydroxylation sites is 1. The van der Waals surface area contributed by atoms with Gasteiger partial charge < -0.3 is 10.0 Å². The largest absolute Gasteiger partial charge is 0.481 e. The van der Waals surface area contributed by atoms with Gasteiger partial charge in [-0.2, -0.15) is 5.26 Å². The smallest absolute Gasteiger partial charge is 0.308 e. The molecule has 0 saturated carbocycles. The van der Waals surface area contributed by atoms with Gasteiger partial charge in [0.05, 0.1) is 17.2 Å². The number of carboxylic acids is 1. The summed E-state index contributed by atoms with van der Waals surface area (Å²) < 4.78 is 0. The monoisotopic (exact) mass is 246 g/mol. The molecule has 1 N–H and O–H groups in total. The van der Waals surface area contributed by atoms with Crippen molar-refractivity contribution in [3.8, 4) is 6.07 Å². The average Bonchev–Trinajstić information content (AvgIpc) is 2.35. The fourth-order valence-electron chi connectivity index (χ4n) is 1.96. The van der Waals surface area contributed by atoms with Gasteiger partial charge in [-0.3, -0.25) is 4.79 Å². The van der Waals surface area contributed by atoms with Gasteiger partial charge in [-0.1, -0.05) is 19.1 Å². The summed E-state index contributed by atoms with van der Waals surface area (Å²) in [7, 11) is 0. The summed E-state index contributed by atoms with van der Waals surface area (Å²) in [5, 5.41) is 18.1. The van der Waals surface area contributed by atoms with E-state index in [2.05, 4.69) is 6.07 Å². The van der Waals surface area contributed by atoms with E-state index in [0.717, 1.165) is 11.3 Å². The van der Waals surface area contributed by atoms with Crippen LogP contribution in [0.15, 0.2) is 18.2 Å². The van der Waals surface area contributed by atoms with Crippen LogP contribution >= 0.6 is 0 Å². The molecule has 0 bridgehead atoms. The van der Waals surface area contributed by atoms with Crippen LogP contribution in [-0.4, -0.2) is 24.2 Å². The molecule has 0 amide bonds. The second-order valence-electron chi connectivity index (χ2n) is 4.36. The highest BCUT2D eigenvalue weighted by Crippen LogP contribution is 2.25. The number of carbonyl (C=O) groups is 1. The number of aryl methyl sites for hydroxylation is 1. The number of hydrogen-bond donors (Lipinski definition) is 1. The van der Waals surface area contributed by atoms with Crippen LogP contribution in [0.1, 0.15) is 25.0 Å². The molecule has 0 fully saturated rings. The van der Waals surface area contributed by atoms with E-state index < -0.39 is 11.9 Å². The molecule has 0 aliphatic rings. The van der Waals surface area contributed by atoms with Crippen molar-refractivity contribution in [3.63, 3.8) is 0 Å². The third-order valence-electron chi connectivity index (χ3n) is 2.97. The van der Waals surface area contributed by atoms with Crippen LogP contribution in [0.2, 0.25) is 0 Å². The van der Waals surface area contributed by atoms with Gasteiger partial charge in [0, 0.05) is 13.1 Å². The molecular formula is C14H18N2O2. The molecule has 18 heavy (non-hydrogen) atoms. The number of carboxylic acid groups (broad SMARTS) is 1. The molecule has 4 heteroatoms. The SMILES string of the molecule is CCN(CC(C)C(=O)O)c1c(C)cccc1C#N. The topological polar surface area (TPSA) is 64.3 Å². The number of anilines is 1. The van der Waals surface area contributed by atoms with Crippen LogP contribution in [-0.2, 0) is 4.79 Å². The summed E-state index contributed by atoms with van der Waals surface area (Å²) in [6, 6.07) is 7.70. The van der Waals surface area contributed by atoms with Gasteiger partial charge in [-0.25, -0.2) is 0 Å². The van der Waals surface area contributed by atoms with Crippen molar-refractivity contribution in [1.82, 2.24) is 0 Å². The van der Waals surface area contributed by atoms with Gasteiger partial charge in [-0.15, -0.1) is 0 Å². The average molecular weight is 246 g/mol. The zero-order chi connectivity index (χ0) is 13.7. The Morgan fingerprint density at radius 3 is 2.72 bits per heavy atom. The molecule has 1 rings (SSSR count). The minimum absolute atomic E-state index is 0.408. The highest BCUT2D eigenvalue weighted by Gasteiger charge is 2.18. The van der Waals surface area contributed by atoms with Gasteiger partial charge in [0.2, 0.25) is 0 Å². The molecule has 1 unspecified atom stereocenters. The quantitative estimate of drug-likeness (QED) is 0.866. The lowest BCUT2D eigenvalue weighted by molar-refractivity contribution is -0.140. The van der Waals surface area contributed by atoms with E-state index in [9.17, 15) is 4.79 Å². The Bertz CT molecular complexity index is 477. The maximum Gasteiger partial charge on any atom is 0.308 e. The Kier molecular flexibility index (Phi) is 4.73. The predicted octanol–water partition coefficient (Wildman–Crippen LogP) is 2.41. The van der Waals surface area contributed by atoms with E-state index in [1.54, 1.807) is 13.0 Å². The lowest BCUT2D eigenvalue weighted by atomic mass is 10.1. The fraction of sp³-hybridized carbons (Fsp3) is 0.429. The molecular weight excluding hydrogens is 228 g/mol. The first-order chi connectivity index (χ1) is 8.51. The van der Waals surface area contributed by atoms with Crippen LogP contribution < -0.4 is 4.90 Å². The zero-order valence-electron chi connectivity index (χ0n) is 11.0. The second-order valence-corrected chi connectivity index (χ2v) is 4.36. The Balaban J connectivity index is 3.10. The van der Waals surface area contributed by atoms with E-state index in [-0.39, 0.29) is 0 Å². The standard InChI is InChI=1S/C14H18N2O2/c1-4-16(9-11(3)14(17)18)13-10(2)6-5-7-12(13)8-15/h5-7,11H,4,9H2,1-3H3,(H,17,18). The number of nitriles is 1. The number of hydrogen-bond acceptors (Lipinski definition) is 3. The van der Waals surface area contributed by atoms with Crippen molar-refractivity contribution in [2.45, 2.75) is 20.8 Å². The highest BCUT2D eigenvalue weighted by atomic mass is 16.4. The normalized spacial score (nSPS) is 11.7. The third kappa shape index (κ3) is 3.01. The van der Waals surface area contributed by atoms with Gasteiger partial charge in [0.25, 0.3) is 0 Å². The molecule has 96 valence electrons. The first-order valence-corrected chi connectivity index (χ1v) is 5.98. The third-order valence-corrected chi connectivity index (χ3v) is 2.97. The Labute approximate surface area is 107 Å². The summed E-state index contributed by atoms with van der Waals surface area (Å²) >= 11 is 0. The number of rotatable bonds is 5. The van der Waals surface area contributed by atoms with Crippen molar-refractivity contribution in [2.75, 3.05) is 18.0 Å². The lowest BCUT2D eigenvalue weighted by Gasteiger charge is -2.27. The van der Waals surface area contributed by atoms with E-state index in [4.69, 9.17) is 10.4 Å². The maximum atomic E-state index is 10.9. The van der Waals surface area contributed by atoms with Crippen LogP contribution in [0.4, 0.5) is 5.69 Å². The molecule has 0 aliphatic heterocycles. The number of nitrogens with zero attached hydrogens (tertiary/aromatic N) is 2. The van der Waals surface area contributed by atoms with Crippen molar-refractivity contribution < 1.29 is 9.90 Å². The van der Waals surface area contributed by atoms with Crippen LogP contribution in [0.3, 0.4) is 0 Å². The van der Waals surface area contributed by atoms with E-state index in [1.807, 2.05) is 30.9 Å². The highest BCUT2D eigenvalue weighted by molar-refractivity contribution is 5.71. The molecule has 4 nitrogen and oxygen atoms in total. The fourth-order valence-corrected chi connectivity index (χ4v) is 1.96. The minimum atomic E-state index is -0.819. The van der Waals surface area contributed by atoms with Gasteiger partial charge >= 0.3 is 5.97 Å². The molecule has 1 atom stereocenters. The Morgan fingerprint density at radius 2 is 2.22 bits per heavy atom. The summed E-state index contributed by atoms with van der Waals surface area (Å²) in [6.07, 6.45) is 0. The Morgan fingerprint density at radius 1 is 1.56 bits per heavy atom. The second kappa shape index (κ2) is 6.06. The maximum absolute atomic E-state index is 10.9.